The highest BCUT2D eigenvalue weighted by Gasteiger charge is 2.14. The lowest BCUT2D eigenvalue weighted by Gasteiger charge is -2.22. The number of H-pyrrole nitrogens is 1. The quantitative estimate of drug-likeness (QED) is 0.827. The van der Waals surface area contributed by atoms with E-state index in [1.165, 1.54) is 12.7 Å². The van der Waals surface area contributed by atoms with Gasteiger partial charge < -0.3 is 14.2 Å². The second kappa shape index (κ2) is 7.19. The zero-order chi connectivity index (χ0) is 14.3. The molecule has 2 heterocycles. The maximum Gasteiger partial charge on any atom is 0.159 e. The summed E-state index contributed by atoms with van der Waals surface area (Å²) >= 11 is 0. The van der Waals surface area contributed by atoms with Crippen LogP contribution in [0.25, 0.3) is 11.4 Å². The third-order valence-corrected chi connectivity index (χ3v) is 3.34. The minimum Gasteiger partial charge on any atom is -0.490 e. The van der Waals surface area contributed by atoms with E-state index >= 15 is 0 Å². The molecule has 1 aromatic carbocycles. The van der Waals surface area contributed by atoms with Crippen molar-refractivity contribution in [1.29, 1.82) is 0 Å². The van der Waals surface area contributed by atoms with Gasteiger partial charge in [-0.3, -0.25) is 5.10 Å². The van der Waals surface area contributed by atoms with E-state index in [1.54, 1.807) is 0 Å². The van der Waals surface area contributed by atoms with Crippen LogP contribution in [0.15, 0.2) is 30.6 Å². The van der Waals surface area contributed by atoms with Crippen LogP contribution in [-0.4, -0.2) is 41.3 Å². The Hall–Kier alpha value is -1.92. The van der Waals surface area contributed by atoms with E-state index in [4.69, 9.17) is 14.2 Å². The first-order valence-electron chi connectivity index (χ1n) is 7.24. The van der Waals surface area contributed by atoms with Gasteiger partial charge in [0.2, 0.25) is 0 Å². The van der Waals surface area contributed by atoms with Crippen LogP contribution in [-0.2, 0) is 9.47 Å². The van der Waals surface area contributed by atoms with Gasteiger partial charge in [0.1, 0.15) is 18.7 Å². The fourth-order valence-corrected chi connectivity index (χ4v) is 2.30. The van der Waals surface area contributed by atoms with E-state index in [1.807, 2.05) is 24.3 Å². The summed E-state index contributed by atoms with van der Waals surface area (Å²) in [5.41, 5.74) is 0.893. The van der Waals surface area contributed by atoms with Crippen LogP contribution >= 0.6 is 0 Å². The lowest BCUT2D eigenvalue weighted by atomic mass is 10.2. The van der Waals surface area contributed by atoms with Crippen molar-refractivity contribution in [3.63, 3.8) is 0 Å². The molecule has 1 aliphatic heterocycles. The maximum atomic E-state index is 5.78. The standard InChI is InChI=1S/C15H19N3O3/c1-2-6-13(12(5-1)15-16-11-17-18-15)19-9-10-21-14-7-3-4-8-20-14/h1-2,5-6,11,14H,3-4,7-10H2,(H,16,17,18). The number of para-hydroxylation sites is 1. The Kier molecular flexibility index (Phi) is 4.81. The Bertz CT molecular complexity index is 539. The maximum absolute atomic E-state index is 5.78. The smallest absolute Gasteiger partial charge is 0.159 e. The van der Waals surface area contributed by atoms with Gasteiger partial charge in [-0.1, -0.05) is 12.1 Å². The summed E-state index contributed by atoms with van der Waals surface area (Å²) in [4.78, 5) is 4.15. The molecule has 1 fully saturated rings. The Balaban J connectivity index is 1.51. The molecule has 0 spiro atoms. The highest BCUT2D eigenvalue weighted by molar-refractivity contribution is 5.63. The van der Waals surface area contributed by atoms with E-state index < -0.39 is 0 Å². The lowest BCUT2D eigenvalue weighted by molar-refractivity contribution is -0.165. The molecule has 2 aromatic rings. The van der Waals surface area contributed by atoms with Gasteiger partial charge in [-0.15, -0.1) is 0 Å². The first kappa shape index (κ1) is 14.0. The molecule has 1 atom stereocenters. The number of hydrogen-bond donors (Lipinski definition) is 1. The topological polar surface area (TPSA) is 69.3 Å². The van der Waals surface area contributed by atoms with Gasteiger partial charge >= 0.3 is 0 Å². The summed E-state index contributed by atoms with van der Waals surface area (Å²) in [7, 11) is 0. The first-order valence-corrected chi connectivity index (χ1v) is 7.24. The zero-order valence-electron chi connectivity index (χ0n) is 11.8. The molecular formula is C15H19N3O3. The van der Waals surface area contributed by atoms with Crippen molar-refractivity contribution in [3.05, 3.63) is 30.6 Å². The second-order valence-electron chi connectivity index (χ2n) is 4.85. The minimum absolute atomic E-state index is 0.0770. The largest absolute Gasteiger partial charge is 0.490 e. The highest BCUT2D eigenvalue weighted by Crippen LogP contribution is 2.26. The minimum atomic E-state index is -0.0770. The second-order valence-corrected chi connectivity index (χ2v) is 4.85. The summed E-state index contributed by atoms with van der Waals surface area (Å²) in [5, 5.41) is 6.71. The van der Waals surface area contributed by atoms with Crippen LogP contribution in [0, 0.1) is 0 Å². The number of aromatic amines is 1. The van der Waals surface area contributed by atoms with Gasteiger partial charge in [0, 0.05) is 6.61 Å². The normalized spacial score (nSPS) is 18.6. The van der Waals surface area contributed by atoms with Gasteiger partial charge in [0.15, 0.2) is 12.1 Å². The van der Waals surface area contributed by atoms with Crippen molar-refractivity contribution in [2.75, 3.05) is 19.8 Å². The molecule has 21 heavy (non-hydrogen) atoms. The number of nitrogens with zero attached hydrogens (tertiary/aromatic N) is 2. The van der Waals surface area contributed by atoms with Crippen molar-refractivity contribution >= 4 is 0 Å². The van der Waals surface area contributed by atoms with Crippen molar-refractivity contribution in [1.82, 2.24) is 15.2 Å². The summed E-state index contributed by atoms with van der Waals surface area (Å²) in [6.07, 6.45) is 4.66. The highest BCUT2D eigenvalue weighted by atomic mass is 16.7. The van der Waals surface area contributed by atoms with Gasteiger partial charge in [0.05, 0.1) is 12.2 Å². The van der Waals surface area contributed by atoms with Crippen LogP contribution in [0.1, 0.15) is 19.3 Å². The van der Waals surface area contributed by atoms with Crippen LogP contribution in [0.5, 0.6) is 5.75 Å². The molecule has 112 valence electrons. The average Bonchev–Trinajstić information content (AvgIpc) is 3.07. The van der Waals surface area contributed by atoms with Crippen molar-refractivity contribution < 1.29 is 14.2 Å². The van der Waals surface area contributed by atoms with Crippen LogP contribution in [0.4, 0.5) is 0 Å². The first-order chi connectivity index (χ1) is 10.4. The van der Waals surface area contributed by atoms with Gasteiger partial charge in [0.25, 0.3) is 0 Å². The van der Waals surface area contributed by atoms with Gasteiger partial charge in [-0.25, -0.2) is 4.98 Å². The van der Waals surface area contributed by atoms with E-state index in [0.717, 1.165) is 30.8 Å². The molecule has 0 radical (unpaired) electrons. The fourth-order valence-electron chi connectivity index (χ4n) is 2.30. The molecule has 0 aliphatic carbocycles. The van der Waals surface area contributed by atoms with Crippen LogP contribution in [0.3, 0.4) is 0 Å². The molecule has 1 aliphatic rings. The molecule has 1 N–H and O–H groups in total. The Morgan fingerprint density at radius 1 is 1.24 bits per heavy atom. The number of benzene rings is 1. The molecule has 6 heteroatoms. The predicted molar refractivity (Wildman–Crippen MR) is 76.9 cm³/mol. The number of nitrogens with one attached hydrogen (secondary N) is 1. The van der Waals surface area contributed by atoms with E-state index in [9.17, 15) is 0 Å². The molecular weight excluding hydrogens is 270 g/mol. The Labute approximate surface area is 123 Å². The van der Waals surface area contributed by atoms with Gasteiger partial charge in [-0.05, 0) is 31.4 Å². The van der Waals surface area contributed by atoms with E-state index in [-0.39, 0.29) is 6.29 Å². The Morgan fingerprint density at radius 3 is 3.00 bits per heavy atom. The number of hydrogen-bond acceptors (Lipinski definition) is 5. The molecule has 1 aromatic heterocycles. The number of aromatic nitrogens is 3. The summed E-state index contributed by atoms with van der Waals surface area (Å²) in [6, 6.07) is 7.73. The third kappa shape index (κ3) is 3.80. The number of ether oxygens (including phenoxy) is 3. The molecule has 0 bridgehead atoms. The monoisotopic (exact) mass is 289 g/mol. The molecule has 6 nitrogen and oxygen atoms in total. The summed E-state index contributed by atoms with van der Waals surface area (Å²) in [5.74, 6) is 1.46. The van der Waals surface area contributed by atoms with Crippen LogP contribution in [0.2, 0.25) is 0 Å². The van der Waals surface area contributed by atoms with E-state index in [0.29, 0.717) is 19.0 Å². The van der Waals surface area contributed by atoms with Gasteiger partial charge in [-0.2, -0.15) is 5.10 Å². The summed E-state index contributed by atoms with van der Waals surface area (Å²) in [6.45, 7) is 1.78. The number of rotatable bonds is 6. The summed E-state index contributed by atoms with van der Waals surface area (Å²) < 4.78 is 16.9. The van der Waals surface area contributed by atoms with Crippen molar-refractivity contribution in [3.8, 4) is 17.1 Å². The molecule has 1 saturated heterocycles. The average molecular weight is 289 g/mol. The van der Waals surface area contributed by atoms with Crippen LogP contribution < -0.4 is 4.74 Å². The third-order valence-electron chi connectivity index (χ3n) is 3.34. The molecule has 0 amide bonds. The lowest BCUT2D eigenvalue weighted by Crippen LogP contribution is -2.24. The zero-order valence-corrected chi connectivity index (χ0v) is 11.8. The van der Waals surface area contributed by atoms with Crippen molar-refractivity contribution in [2.24, 2.45) is 0 Å². The van der Waals surface area contributed by atoms with Crippen molar-refractivity contribution in [2.45, 2.75) is 25.6 Å². The molecule has 0 saturated carbocycles. The molecule has 1 unspecified atom stereocenters. The Morgan fingerprint density at radius 2 is 2.19 bits per heavy atom. The van der Waals surface area contributed by atoms with E-state index in [2.05, 4.69) is 15.2 Å². The fraction of sp³-hybridized carbons (Fsp3) is 0.467. The predicted octanol–water partition coefficient (Wildman–Crippen LogP) is 2.39. The molecule has 3 rings (SSSR count). The SMILES string of the molecule is c1ccc(-c2ncn[nH]2)c(OCCOC2CCCCO2)c1.